The average Bonchev–Trinajstić information content (AvgIpc) is 2.69. The number of hydrogen-bond donors (Lipinski definition) is 1. The third-order valence-corrected chi connectivity index (χ3v) is 5.00. The molecule has 1 aliphatic heterocycles. The zero-order valence-electron chi connectivity index (χ0n) is 15.2. The number of carbonyl (C=O) groups is 1. The molecule has 1 heterocycles. The SMILES string of the molecule is CC(C(=O)NCc1ccccc1)N1CCN(Cc2ccccc2F)CC1. The van der Waals surface area contributed by atoms with Crippen molar-refractivity contribution in [1.29, 1.82) is 0 Å². The highest BCUT2D eigenvalue weighted by molar-refractivity contribution is 5.81. The van der Waals surface area contributed by atoms with Crippen molar-refractivity contribution in [2.24, 2.45) is 0 Å². The first-order valence-electron chi connectivity index (χ1n) is 9.15. The van der Waals surface area contributed by atoms with Crippen LogP contribution in [0.25, 0.3) is 0 Å². The smallest absolute Gasteiger partial charge is 0.237 e. The first-order chi connectivity index (χ1) is 12.6. The maximum Gasteiger partial charge on any atom is 0.237 e. The largest absolute Gasteiger partial charge is 0.351 e. The molecule has 3 rings (SSSR count). The second-order valence-electron chi connectivity index (χ2n) is 6.78. The van der Waals surface area contributed by atoms with Gasteiger partial charge in [-0.3, -0.25) is 14.6 Å². The van der Waals surface area contributed by atoms with Crippen molar-refractivity contribution in [1.82, 2.24) is 15.1 Å². The highest BCUT2D eigenvalue weighted by Gasteiger charge is 2.25. The maximum absolute atomic E-state index is 13.8. The van der Waals surface area contributed by atoms with Crippen LogP contribution in [0.4, 0.5) is 4.39 Å². The van der Waals surface area contributed by atoms with E-state index in [-0.39, 0.29) is 17.8 Å². The van der Waals surface area contributed by atoms with Crippen LogP contribution in [0.3, 0.4) is 0 Å². The van der Waals surface area contributed by atoms with Crippen LogP contribution in [0, 0.1) is 5.82 Å². The maximum atomic E-state index is 13.8. The Balaban J connectivity index is 1.45. The number of piperazine rings is 1. The lowest BCUT2D eigenvalue weighted by molar-refractivity contribution is -0.126. The molecule has 0 spiro atoms. The van der Waals surface area contributed by atoms with Gasteiger partial charge in [-0.15, -0.1) is 0 Å². The molecule has 0 aromatic heterocycles. The molecule has 1 atom stereocenters. The number of carbonyl (C=O) groups excluding carboxylic acids is 1. The van der Waals surface area contributed by atoms with E-state index in [0.717, 1.165) is 37.3 Å². The Morgan fingerprint density at radius 1 is 1.04 bits per heavy atom. The van der Waals surface area contributed by atoms with Crippen molar-refractivity contribution in [2.45, 2.75) is 26.1 Å². The van der Waals surface area contributed by atoms with Crippen LogP contribution in [0.2, 0.25) is 0 Å². The highest BCUT2D eigenvalue weighted by Crippen LogP contribution is 2.13. The number of benzene rings is 2. The van der Waals surface area contributed by atoms with Crippen molar-refractivity contribution in [3.63, 3.8) is 0 Å². The number of nitrogens with zero attached hydrogens (tertiary/aromatic N) is 2. The molecular weight excluding hydrogens is 329 g/mol. The van der Waals surface area contributed by atoms with Gasteiger partial charge < -0.3 is 5.32 Å². The molecule has 4 nitrogen and oxygen atoms in total. The van der Waals surface area contributed by atoms with Gasteiger partial charge in [0.05, 0.1) is 6.04 Å². The number of rotatable bonds is 6. The van der Waals surface area contributed by atoms with Crippen LogP contribution in [0.15, 0.2) is 54.6 Å². The topological polar surface area (TPSA) is 35.6 Å². The first kappa shape index (κ1) is 18.5. The molecule has 1 unspecified atom stereocenters. The summed E-state index contributed by atoms with van der Waals surface area (Å²) in [6, 6.07) is 16.7. The molecule has 5 heteroatoms. The summed E-state index contributed by atoms with van der Waals surface area (Å²) in [5, 5.41) is 3.01. The van der Waals surface area contributed by atoms with Gasteiger partial charge in [0, 0.05) is 44.8 Å². The fourth-order valence-corrected chi connectivity index (χ4v) is 3.27. The number of amides is 1. The number of hydrogen-bond acceptors (Lipinski definition) is 3. The molecule has 1 fully saturated rings. The molecule has 1 amide bonds. The van der Waals surface area contributed by atoms with E-state index in [1.807, 2.05) is 49.4 Å². The molecule has 1 aliphatic rings. The second-order valence-corrected chi connectivity index (χ2v) is 6.78. The fourth-order valence-electron chi connectivity index (χ4n) is 3.27. The quantitative estimate of drug-likeness (QED) is 0.865. The lowest BCUT2D eigenvalue weighted by Crippen LogP contribution is -2.53. The van der Waals surface area contributed by atoms with E-state index in [4.69, 9.17) is 0 Å². The van der Waals surface area contributed by atoms with Crippen molar-refractivity contribution in [2.75, 3.05) is 26.2 Å². The summed E-state index contributed by atoms with van der Waals surface area (Å²) in [6.07, 6.45) is 0. The Kier molecular flexibility index (Phi) is 6.36. The van der Waals surface area contributed by atoms with E-state index in [0.29, 0.717) is 13.1 Å². The summed E-state index contributed by atoms with van der Waals surface area (Å²) in [6.45, 7) is 6.43. The second kappa shape index (κ2) is 8.92. The van der Waals surface area contributed by atoms with E-state index >= 15 is 0 Å². The molecule has 0 bridgehead atoms. The van der Waals surface area contributed by atoms with Gasteiger partial charge in [0.2, 0.25) is 5.91 Å². The van der Waals surface area contributed by atoms with E-state index < -0.39 is 0 Å². The van der Waals surface area contributed by atoms with Crippen LogP contribution in [-0.4, -0.2) is 47.9 Å². The lowest BCUT2D eigenvalue weighted by Gasteiger charge is -2.37. The van der Waals surface area contributed by atoms with E-state index in [1.54, 1.807) is 6.07 Å². The Labute approximate surface area is 154 Å². The minimum atomic E-state index is -0.158. The van der Waals surface area contributed by atoms with Crippen molar-refractivity contribution >= 4 is 5.91 Å². The Morgan fingerprint density at radius 3 is 2.38 bits per heavy atom. The summed E-state index contributed by atoms with van der Waals surface area (Å²) in [5.41, 5.74) is 1.83. The monoisotopic (exact) mass is 355 g/mol. The summed E-state index contributed by atoms with van der Waals surface area (Å²) in [7, 11) is 0. The Hall–Kier alpha value is -2.24. The third-order valence-electron chi connectivity index (χ3n) is 5.00. The molecule has 0 aliphatic carbocycles. The molecular formula is C21H26FN3O. The zero-order chi connectivity index (χ0) is 18.4. The van der Waals surface area contributed by atoms with Gasteiger partial charge in [-0.25, -0.2) is 4.39 Å². The van der Waals surface area contributed by atoms with Gasteiger partial charge in [0.1, 0.15) is 5.82 Å². The molecule has 138 valence electrons. The predicted molar refractivity (Wildman–Crippen MR) is 101 cm³/mol. The Morgan fingerprint density at radius 2 is 1.69 bits per heavy atom. The lowest BCUT2D eigenvalue weighted by atomic mass is 10.1. The van der Waals surface area contributed by atoms with Gasteiger partial charge in [0.25, 0.3) is 0 Å². The third kappa shape index (κ3) is 4.90. The van der Waals surface area contributed by atoms with E-state index in [9.17, 15) is 9.18 Å². The van der Waals surface area contributed by atoms with Crippen LogP contribution in [-0.2, 0) is 17.9 Å². The summed E-state index contributed by atoms with van der Waals surface area (Å²) in [5.74, 6) is -0.0972. The number of nitrogens with one attached hydrogen (secondary N) is 1. The fraction of sp³-hybridized carbons (Fsp3) is 0.381. The summed E-state index contributed by atoms with van der Waals surface area (Å²) in [4.78, 5) is 16.8. The van der Waals surface area contributed by atoms with E-state index in [1.165, 1.54) is 6.07 Å². The molecule has 1 saturated heterocycles. The van der Waals surface area contributed by atoms with Crippen molar-refractivity contribution < 1.29 is 9.18 Å². The Bertz CT molecular complexity index is 714. The zero-order valence-corrected chi connectivity index (χ0v) is 15.2. The molecule has 26 heavy (non-hydrogen) atoms. The van der Waals surface area contributed by atoms with Crippen molar-refractivity contribution in [3.05, 3.63) is 71.5 Å². The van der Waals surface area contributed by atoms with Crippen LogP contribution in [0.5, 0.6) is 0 Å². The van der Waals surface area contributed by atoms with Gasteiger partial charge in [-0.1, -0.05) is 48.5 Å². The van der Waals surface area contributed by atoms with Gasteiger partial charge in [0.15, 0.2) is 0 Å². The van der Waals surface area contributed by atoms with E-state index in [2.05, 4.69) is 15.1 Å². The minimum Gasteiger partial charge on any atom is -0.351 e. The van der Waals surface area contributed by atoms with Crippen LogP contribution >= 0.6 is 0 Å². The average molecular weight is 355 g/mol. The van der Waals surface area contributed by atoms with Crippen LogP contribution < -0.4 is 5.32 Å². The normalized spacial score (nSPS) is 17.0. The van der Waals surface area contributed by atoms with Crippen LogP contribution in [0.1, 0.15) is 18.1 Å². The minimum absolute atomic E-state index is 0.0522. The molecule has 2 aromatic carbocycles. The molecule has 1 N–H and O–H groups in total. The molecule has 0 saturated carbocycles. The molecule has 0 radical (unpaired) electrons. The molecule has 2 aromatic rings. The van der Waals surface area contributed by atoms with Gasteiger partial charge >= 0.3 is 0 Å². The summed E-state index contributed by atoms with van der Waals surface area (Å²) >= 11 is 0. The first-order valence-corrected chi connectivity index (χ1v) is 9.15. The standard InChI is InChI=1S/C21H26FN3O/c1-17(21(26)23-15-18-7-3-2-4-8-18)25-13-11-24(12-14-25)16-19-9-5-6-10-20(19)22/h2-10,17H,11-16H2,1H3,(H,23,26). The number of halogens is 1. The summed E-state index contributed by atoms with van der Waals surface area (Å²) < 4.78 is 13.8. The van der Waals surface area contributed by atoms with Gasteiger partial charge in [-0.05, 0) is 18.6 Å². The van der Waals surface area contributed by atoms with Gasteiger partial charge in [-0.2, -0.15) is 0 Å². The van der Waals surface area contributed by atoms with Crippen molar-refractivity contribution in [3.8, 4) is 0 Å². The predicted octanol–water partition coefficient (Wildman–Crippen LogP) is 2.65. The highest BCUT2D eigenvalue weighted by atomic mass is 19.1.